The van der Waals surface area contributed by atoms with Crippen molar-refractivity contribution >= 4 is 27.3 Å². The van der Waals surface area contributed by atoms with E-state index in [-0.39, 0.29) is 0 Å². The maximum Gasteiger partial charge on any atom is 0.133 e. The van der Waals surface area contributed by atoms with Gasteiger partial charge in [-0.2, -0.15) is 0 Å². The molecule has 1 N–H and O–H groups in total. The number of methoxy groups -OCH3 is 1. The van der Waals surface area contributed by atoms with Crippen molar-refractivity contribution in [3.63, 3.8) is 0 Å². The van der Waals surface area contributed by atoms with Gasteiger partial charge in [0.05, 0.1) is 17.1 Å². The molecule has 0 amide bonds. The Balaban J connectivity index is 2.15. The third-order valence-corrected chi connectivity index (χ3v) is 4.31. The molecule has 0 aliphatic rings. The summed E-state index contributed by atoms with van der Waals surface area (Å²) in [6, 6.07) is 6.48. The van der Waals surface area contributed by atoms with Gasteiger partial charge in [-0.25, -0.2) is 0 Å². The summed E-state index contributed by atoms with van der Waals surface area (Å²) in [7, 11) is 3.65. The number of nitrogens with zero attached hydrogens (tertiary/aromatic N) is 1. The molecule has 0 spiro atoms. The predicted molar refractivity (Wildman–Crippen MR) is 78.3 cm³/mol. The first-order valence-corrected chi connectivity index (χ1v) is 7.30. The summed E-state index contributed by atoms with van der Waals surface area (Å²) in [5, 5.41) is 3.32. The standard InChI is InChI=1S/C13H15BrN2OS/c1-15-11(13-7-16-8-18-13)6-9-3-4-12(17-2)10(14)5-9/h3-5,7-8,11,15H,6H2,1-2H3. The third-order valence-electron chi connectivity index (χ3n) is 2.80. The van der Waals surface area contributed by atoms with Crippen LogP contribution >= 0.6 is 27.3 Å². The highest BCUT2D eigenvalue weighted by Crippen LogP contribution is 2.28. The Kier molecular flexibility index (Phi) is 4.74. The Morgan fingerprint density at radius 3 is 2.89 bits per heavy atom. The average Bonchev–Trinajstić information content (AvgIpc) is 2.90. The van der Waals surface area contributed by atoms with Gasteiger partial charge in [0.2, 0.25) is 0 Å². The minimum Gasteiger partial charge on any atom is -0.496 e. The van der Waals surface area contributed by atoms with E-state index in [1.807, 2.05) is 24.8 Å². The molecule has 0 aliphatic carbocycles. The Morgan fingerprint density at radius 1 is 1.50 bits per heavy atom. The first kappa shape index (κ1) is 13.5. The van der Waals surface area contributed by atoms with E-state index in [0.29, 0.717) is 6.04 Å². The SMILES string of the molecule is CNC(Cc1ccc(OC)c(Br)c1)c1cncs1. The molecule has 0 saturated carbocycles. The molecular weight excluding hydrogens is 312 g/mol. The normalized spacial score (nSPS) is 12.4. The smallest absolute Gasteiger partial charge is 0.133 e. The highest BCUT2D eigenvalue weighted by atomic mass is 79.9. The number of nitrogens with one attached hydrogen (secondary N) is 1. The van der Waals surface area contributed by atoms with Crippen molar-refractivity contribution in [3.05, 3.63) is 44.8 Å². The van der Waals surface area contributed by atoms with E-state index >= 15 is 0 Å². The number of aromatic nitrogens is 1. The Morgan fingerprint density at radius 2 is 2.33 bits per heavy atom. The van der Waals surface area contributed by atoms with E-state index in [0.717, 1.165) is 16.6 Å². The predicted octanol–water partition coefficient (Wildman–Crippen LogP) is 3.42. The van der Waals surface area contributed by atoms with E-state index in [1.165, 1.54) is 10.4 Å². The van der Waals surface area contributed by atoms with Crippen molar-refractivity contribution in [1.29, 1.82) is 0 Å². The van der Waals surface area contributed by atoms with Gasteiger partial charge in [-0.15, -0.1) is 11.3 Å². The lowest BCUT2D eigenvalue weighted by Crippen LogP contribution is -2.17. The van der Waals surface area contributed by atoms with Crippen molar-refractivity contribution < 1.29 is 4.74 Å². The lowest BCUT2D eigenvalue weighted by atomic mass is 10.1. The molecule has 1 unspecified atom stereocenters. The van der Waals surface area contributed by atoms with Crippen LogP contribution in [0, 0.1) is 0 Å². The minimum atomic E-state index is 0.304. The van der Waals surface area contributed by atoms with Crippen LogP contribution in [-0.2, 0) is 6.42 Å². The molecule has 1 aromatic heterocycles. The molecule has 0 saturated heterocycles. The number of thiazole rings is 1. The fraction of sp³-hybridized carbons (Fsp3) is 0.308. The summed E-state index contributed by atoms with van der Waals surface area (Å²) < 4.78 is 6.22. The molecule has 1 atom stereocenters. The van der Waals surface area contributed by atoms with E-state index in [1.54, 1.807) is 18.4 Å². The molecule has 96 valence electrons. The Hall–Kier alpha value is -0.910. The molecule has 3 nitrogen and oxygen atoms in total. The van der Waals surface area contributed by atoms with Crippen LogP contribution in [0.4, 0.5) is 0 Å². The lowest BCUT2D eigenvalue weighted by molar-refractivity contribution is 0.412. The molecule has 2 rings (SSSR count). The zero-order valence-corrected chi connectivity index (χ0v) is 12.7. The monoisotopic (exact) mass is 326 g/mol. The summed E-state index contributed by atoms with van der Waals surface area (Å²) in [6.07, 6.45) is 2.85. The van der Waals surface area contributed by atoms with Gasteiger partial charge in [-0.05, 0) is 47.1 Å². The zero-order valence-electron chi connectivity index (χ0n) is 10.3. The van der Waals surface area contributed by atoms with Crippen molar-refractivity contribution in [2.75, 3.05) is 14.2 Å². The van der Waals surface area contributed by atoms with Gasteiger partial charge in [0.25, 0.3) is 0 Å². The van der Waals surface area contributed by atoms with E-state index in [2.05, 4.69) is 38.4 Å². The maximum atomic E-state index is 5.23. The first-order chi connectivity index (χ1) is 8.74. The number of hydrogen-bond acceptors (Lipinski definition) is 4. The van der Waals surface area contributed by atoms with Crippen LogP contribution in [0.15, 0.2) is 34.4 Å². The Labute approximate surface area is 119 Å². The van der Waals surface area contributed by atoms with E-state index in [9.17, 15) is 0 Å². The highest BCUT2D eigenvalue weighted by Gasteiger charge is 2.12. The summed E-state index contributed by atoms with van der Waals surface area (Å²) in [4.78, 5) is 5.38. The van der Waals surface area contributed by atoms with E-state index < -0.39 is 0 Å². The third kappa shape index (κ3) is 3.10. The van der Waals surface area contributed by atoms with Gasteiger partial charge in [0, 0.05) is 17.1 Å². The Bertz CT molecular complexity index is 502. The van der Waals surface area contributed by atoms with Crippen molar-refractivity contribution in [2.24, 2.45) is 0 Å². The molecule has 1 aromatic carbocycles. The van der Waals surface area contributed by atoms with Gasteiger partial charge in [0.15, 0.2) is 0 Å². The highest BCUT2D eigenvalue weighted by molar-refractivity contribution is 9.10. The number of halogens is 1. The van der Waals surface area contributed by atoms with Crippen molar-refractivity contribution in [2.45, 2.75) is 12.5 Å². The molecule has 5 heteroatoms. The van der Waals surface area contributed by atoms with Crippen LogP contribution < -0.4 is 10.1 Å². The van der Waals surface area contributed by atoms with Gasteiger partial charge >= 0.3 is 0 Å². The van der Waals surface area contributed by atoms with Crippen LogP contribution in [-0.4, -0.2) is 19.1 Å². The van der Waals surface area contributed by atoms with Gasteiger partial charge in [-0.1, -0.05) is 6.07 Å². The molecule has 0 bridgehead atoms. The second-order valence-electron chi connectivity index (χ2n) is 3.92. The van der Waals surface area contributed by atoms with Crippen LogP contribution in [0.5, 0.6) is 5.75 Å². The number of ether oxygens (including phenoxy) is 1. The van der Waals surface area contributed by atoms with Gasteiger partial charge in [0.1, 0.15) is 5.75 Å². The van der Waals surface area contributed by atoms with Crippen LogP contribution in [0.2, 0.25) is 0 Å². The van der Waals surface area contributed by atoms with Crippen LogP contribution in [0.3, 0.4) is 0 Å². The number of benzene rings is 1. The molecule has 18 heavy (non-hydrogen) atoms. The summed E-state index contributed by atoms with van der Waals surface area (Å²) in [6.45, 7) is 0. The molecule has 1 heterocycles. The average molecular weight is 327 g/mol. The summed E-state index contributed by atoms with van der Waals surface area (Å²) in [5.74, 6) is 0.859. The lowest BCUT2D eigenvalue weighted by Gasteiger charge is -2.14. The van der Waals surface area contributed by atoms with Crippen LogP contribution in [0.1, 0.15) is 16.5 Å². The minimum absolute atomic E-state index is 0.304. The van der Waals surface area contributed by atoms with Gasteiger partial charge < -0.3 is 10.1 Å². The maximum absolute atomic E-state index is 5.23. The molecule has 0 fully saturated rings. The molecule has 0 radical (unpaired) electrons. The zero-order chi connectivity index (χ0) is 13.0. The van der Waals surface area contributed by atoms with Crippen molar-refractivity contribution in [1.82, 2.24) is 10.3 Å². The number of likely N-dealkylation sites (N-methyl/N-ethyl adjacent to an activating group) is 1. The molecular formula is C13H15BrN2OS. The summed E-state index contributed by atoms with van der Waals surface area (Å²) in [5.41, 5.74) is 3.12. The molecule has 0 aliphatic heterocycles. The first-order valence-electron chi connectivity index (χ1n) is 5.62. The second-order valence-corrected chi connectivity index (χ2v) is 5.69. The second kappa shape index (κ2) is 6.31. The quantitative estimate of drug-likeness (QED) is 0.914. The van der Waals surface area contributed by atoms with Crippen molar-refractivity contribution in [3.8, 4) is 5.75 Å². The largest absolute Gasteiger partial charge is 0.496 e. The summed E-state index contributed by atoms with van der Waals surface area (Å²) >= 11 is 5.19. The number of rotatable bonds is 5. The number of hydrogen-bond donors (Lipinski definition) is 1. The van der Waals surface area contributed by atoms with Crippen LogP contribution in [0.25, 0.3) is 0 Å². The fourth-order valence-electron chi connectivity index (χ4n) is 1.82. The fourth-order valence-corrected chi connectivity index (χ4v) is 3.13. The van der Waals surface area contributed by atoms with E-state index in [4.69, 9.17) is 4.74 Å². The topological polar surface area (TPSA) is 34.1 Å². The molecule has 2 aromatic rings. The van der Waals surface area contributed by atoms with Gasteiger partial charge in [-0.3, -0.25) is 4.98 Å².